The van der Waals surface area contributed by atoms with Gasteiger partial charge in [0.25, 0.3) is 0 Å². The van der Waals surface area contributed by atoms with Crippen LogP contribution in [0.5, 0.6) is 0 Å². The standard InChI is InChI=1S/C17H34O4.C16H34O4/c1-13-10-16(8,9)12-17(11-13,20-18-14(2,3)4)21-19-15(5,6)7;1-13(2,3)17-19-15(7,8)11-12-16(9,10)20-18-14(4,5)6/h13H,10-12H2,1-9H3;11-12H2,1-10H3. The van der Waals surface area contributed by atoms with Crippen molar-refractivity contribution in [1.82, 2.24) is 0 Å². The van der Waals surface area contributed by atoms with Gasteiger partial charge in [0.1, 0.15) is 0 Å². The molecule has 1 aliphatic carbocycles. The first-order valence-corrected chi connectivity index (χ1v) is 15.3. The highest BCUT2D eigenvalue weighted by molar-refractivity contribution is 4.88. The van der Waals surface area contributed by atoms with E-state index in [0.717, 1.165) is 32.1 Å². The van der Waals surface area contributed by atoms with Crippen molar-refractivity contribution in [2.24, 2.45) is 11.3 Å². The summed E-state index contributed by atoms with van der Waals surface area (Å²) in [5.74, 6) is -0.359. The maximum atomic E-state index is 5.79. The van der Waals surface area contributed by atoms with E-state index in [1.807, 2.05) is 111 Å². The van der Waals surface area contributed by atoms with Gasteiger partial charge in [0.15, 0.2) is 0 Å². The quantitative estimate of drug-likeness (QED) is 0.133. The summed E-state index contributed by atoms with van der Waals surface area (Å²) in [5.41, 5.74) is -1.99. The first-order valence-electron chi connectivity index (χ1n) is 15.3. The zero-order valence-electron chi connectivity index (χ0n) is 30.4. The van der Waals surface area contributed by atoms with Crippen LogP contribution in [0, 0.1) is 11.3 Å². The molecule has 0 amide bonds. The minimum Gasteiger partial charge on any atom is -0.230 e. The molecule has 0 aliphatic heterocycles. The molecule has 0 radical (unpaired) electrons. The normalized spacial score (nSPS) is 20.4. The van der Waals surface area contributed by atoms with Crippen molar-refractivity contribution >= 4 is 0 Å². The van der Waals surface area contributed by atoms with E-state index in [2.05, 4.69) is 20.8 Å². The second-order valence-corrected chi connectivity index (χ2v) is 17.9. The molecule has 0 heterocycles. The Morgan fingerprint density at radius 3 is 1.07 bits per heavy atom. The Balaban J connectivity index is 0.000000782. The van der Waals surface area contributed by atoms with E-state index in [1.54, 1.807) is 0 Å². The summed E-state index contributed by atoms with van der Waals surface area (Å²) in [5, 5.41) is 0. The largest absolute Gasteiger partial charge is 0.234 e. The zero-order valence-corrected chi connectivity index (χ0v) is 30.4. The van der Waals surface area contributed by atoms with Gasteiger partial charge in [-0.2, -0.15) is 9.78 Å². The summed E-state index contributed by atoms with van der Waals surface area (Å²) < 4.78 is 0. The van der Waals surface area contributed by atoms with Crippen LogP contribution in [0.1, 0.15) is 164 Å². The summed E-state index contributed by atoms with van der Waals surface area (Å²) in [6.07, 6.45) is 4.28. The summed E-state index contributed by atoms with van der Waals surface area (Å²) in [6, 6.07) is 0. The lowest BCUT2D eigenvalue weighted by molar-refractivity contribution is -0.551. The van der Waals surface area contributed by atoms with E-state index < -0.39 is 5.79 Å². The SMILES string of the molecule is CC(C)(C)OOC(C)(C)CCC(C)(C)OOC(C)(C)C.CC1CC(C)(C)CC(OOC(C)(C)C)(OOC(C)(C)C)C1. The lowest BCUT2D eigenvalue weighted by atomic mass is 9.70. The van der Waals surface area contributed by atoms with E-state index in [4.69, 9.17) is 39.1 Å². The van der Waals surface area contributed by atoms with Gasteiger partial charge < -0.3 is 0 Å². The Labute approximate surface area is 253 Å². The molecule has 1 rings (SSSR count). The molecule has 1 fully saturated rings. The van der Waals surface area contributed by atoms with Gasteiger partial charge in [-0.1, -0.05) is 20.8 Å². The molecule has 1 atom stereocenters. The Morgan fingerprint density at radius 2 is 0.805 bits per heavy atom. The van der Waals surface area contributed by atoms with Crippen molar-refractivity contribution in [2.45, 2.75) is 203 Å². The van der Waals surface area contributed by atoms with Gasteiger partial charge >= 0.3 is 0 Å². The third-order valence-corrected chi connectivity index (χ3v) is 5.56. The second-order valence-electron chi connectivity index (χ2n) is 17.9. The Hall–Kier alpha value is -0.320. The fraction of sp³-hybridized carbons (Fsp3) is 1.00. The second kappa shape index (κ2) is 14.6. The third-order valence-electron chi connectivity index (χ3n) is 5.56. The van der Waals surface area contributed by atoms with Crippen LogP contribution in [0.15, 0.2) is 0 Å². The molecule has 8 heteroatoms. The average molecular weight is 593 g/mol. The van der Waals surface area contributed by atoms with Crippen LogP contribution in [0.4, 0.5) is 0 Å². The molecule has 0 aromatic heterocycles. The van der Waals surface area contributed by atoms with Gasteiger partial charge in [-0.15, -0.1) is 0 Å². The van der Waals surface area contributed by atoms with E-state index in [-0.39, 0.29) is 39.0 Å². The Bertz CT molecular complexity index is 697. The van der Waals surface area contributed by atoms with Crippen LogP contribution in [-0.2, 0) is 39.1 Å². The molecule has 1 saturated carbocycles. The Kier molecular flexibility index (Phi) is 14.5. The van der Waals surface area contributed by atoms with Crippen molar-refractivity contribution < 1.29 is 39.1 Å². The van der Waals surface area contributed by atoms with Gasteiger partial charge in [-0.3, -0.25) is 0 Å². The highest BCUT2D eigenvalue weighted by atomic mass is 17.3. The van der Waals surface area contributed by atoms with Crippen molar-refractivity contribution in [3.63, 3.8) is 0 Å². The molecular formula is C33H68O8. The lowest BCUT2D eigenvalue weighted by Gasteiger charge is -2.46. The number of hydrogen-bond donors (Lipinski definition) is 0. The summed E-state index contributed by atoms with van der Waals surface area (Å²) >= 11 is 0. The summed E-state index contributed by atoms with van der Waals surface area (Å²) in [6.45, 7) is 38.3. The predicted octanol–water partition coefficient (Wildman–Crippen LogP) is 9.84. The molecule has 0 saturated heterocycles. The van der Waals surface area contributed by atoms with Crippen LogP contribution in [-0.4, -0.2) is 39.4 Å². The zero-order chi connectivity index (χ0) is 32.8. The molecule has 0 aromatic rings. The summed E-state index contributed by atoms with van der Waals surface area (Å²) in [4.78, 5) is 44.6. The van der Waals surface area contributed by atoms with E-state index in [9.17, 15) is 0 Å². The monoisotopic (exact) mass is 592 g/mol. The maximum absolute atomic E-state index is 5.79. The Morgan fingerprint density at radius 1 is 0.488 bits per heavy atom. The van der Waals surface area contributed by atoms with Crippen molar-refractivity contribution in [2.75, 3.05) is 0 Å². The molecule has 41 heavy (non-hydrogen) atoms. The molecule has 0 N–H and O–H groups in total. The molecule has 0 bridgehead atoms. The van der Waals surface area contributed by atoms with Crippen LogP contribution in [0.25, 0.3) is 0 Å². The molecule has 0 aromatic carbocycles. The third kappa shape index (κ3) is 21.9. The molecule has 248 valence electrons. The van der Waals surface area contributed by atoms with Gasteiger partial charge in [0.2, 0.25) is 5.79 Å². The molecule has 1 aliphatic rings. The first kappa shape index (κ1) is 40.7. The van der Waals surface area contributed by atoms with Crippen molar-refractivity contribution in [3.8, 4) is 0 Å². The van der Waals surface area contributed by atoms with Crippen molar-refractivity contribution in [3.05, 3.63) is 0 Å². The van der Waals surface area contributed by atoms with E-state index >= 15 is 0 Å². The molecule has 1 unspecified atom stereocenters. The lowest BCUT2D eigenvalue weighted by Crippen LogP contribution is -2.48. The van der Waals surface area contributed by atoms with Gasteiger partial charge in [-0.05, 0) is 141 Å². The molecule has 8 nitrogen and oxygen atoms in total. The van der Waals surface area contributed by atoms with Gasteiger partial charge in [0.05, 0.1) is 33.6 Å². The topological polar surface area (TPSA) is 73.8 Å². The van der Waals surface area contributed by atoms with Crippen LogP contribution in [0.3, 0.4) is 0 Å². The van der Waals surface area contributed by atoms with Crippen LogP contribution < -0.4 is 0 Å². The minimum atomic E-state index is -0.846. The predicted molar refractivity (Wildman–Crippen MR) is 165 cm³/mol. The van der Waals surface area contributed by atoms with E-state index in [1.165, 1.54) is 0 Å². The maximum Gasteiger partial charge on any atom is 0.234 e. The van der Waals surface area contributed by atoms with Crippen LogP contribution in [0.2, 0.25) is 0 Å². The first-order chi connectivity index (χ1) is 17.8. The number of hydrogen-bond acceptors (Lipinski definition) is 8. The van der Waals surface area contributed by atoms with Crippen LogP contribution >= 0.6 is 0 Å². The van der Waals surface area contributed by atoms with Gasteiger partial charge in [0, 0.05) is 12.8 Å². The molecule has 0 spiro atoms. The smallest absolute Gasteiger partial charge is 0.230 e. The van der Waals surface area contributed by atoms with Gasteiger partial charge in [-0.25, -0.2) is 29.3 Å². The van der Waals surface area contributed by atoms with E-state index in [0.29, 0.717) is 5.92 Å². The highest BCUT2D eigenvalue weighted by Gasteiger charge is 2.48. The fourth-order valence-electron chi connectivity index (χ4n) is 4.12. The summed E-state index contributed by atoms with van der Waals surface area (Å²) in [7, 11) is 0. The fourth-order valence-corrected chi connectivity index (χ4v) is 4.12. The minimum absolute atomic E-state index is 0.125. The number of rotatable bonds is 11. The van der Waals surface area contributed by atoms with Crippen molar-refractivity contribution in [1.29, 1.82) is 0 Å². The average Bonchev–Trinajstić information content (AvgIpc) is 2.70. The highest BCUT2D eigenvalue weighted by Crippen LogP contribution is 2.47. The molecular weight excluding hydrogens is 524 g/mol.